The van der Waals surface area contributed by atoms with Crippen LogP contribution < -0.4 is 0 Å². The molecule has 2 heteroatoms. The van der Waals surface area contributed by atoms with Crippen molar-refractivity contribution < 1.29 is 10.2 Å². The second-order valence-electron chi connectivity index (χ2n) is 6.82. The van der Waals surface area contributed by atoms with E-state index in [-0.39, 0.29) is 12.5 Å². The van der Waals surface area contributed by atoms with Crippen molar-refractivity contribution in [3.63, 3.8) is 0 Å². The lowest BCUT2D eigenvalue weighted by Gasteiger charge is -2.35. The van der Waals surface area contributed by atoms with Gasteiger partial charge in [-0.2, -0.15) is 0 Å². The van der Waals surface area contributed by atoms with Crippen molar-refractivity contribution in [3.05, 3.63) is 101 Å². The second-order valence-corrected chi connectivity index (χ2v) is 6.82. The maximum Gasteiger partial charge on any atom is 0.115 e. The zero-order valence-corrected chi connectivity index (χ0v) is 14.1. The largest absolute Gasteiger partial charge is 0.508 e. The first-order valence-corrected chi connectivity index (χ1v) is 8.82. The molecule has 0 unspecified atom stereocenters. The summed E-state index contributed by atoms with van der Waals surface area (Å²) in [5.74, 6) is 0.976. The van der Waals surface area contributed by atoms with Crippen LogP contribution in [0.5, 0.6) is 5.75 Å². The van der Waals surface area contributed by atoms with Gasteiger partial charge in [0.1, 0.15) is 5.75 Å². The van der Waals surface area contributed by atoms with E-state index in [1.54, 1.807) is 12.1 Å². The van der Waals surface area contributed by atoms with E-state index in [4.69, 9.17) is 0 Å². The summed E-state index contributed by atoms with van der Waals surface area (Å²) in [5, 5.41) is 19.1. The van der Waals surface area contributed by atoms with Crippen molar-refractivity contribution >= 4 is 0 Å². The number of phenols is 1. The molecule has 1 aliphatic rings. The fourth-order valence-corrected chi connectivity index (χ4v) is 4.12. The Morgan fingerprint density at radius 2 is 1.60 bits per heavy atom. The number of aliphatic hydroxyl groups is 1. The van der Waals surface area contributed by atoms with Gasteiger partial charge in [0.05, 0.1) is 6.61 Å². The number of fused-ring (bicyclic) bond motifs is 1. The van der Waals surface area contributed by atoms with Crippen LogP contribution in [-0.2, 0) is 13.0 Å². The number of hydrogen-bond donors (Lipinski definition) is 2. The van der Waals surface area contributed by atoms with Gasteiger partial charge in [-0.3, -0.25) is 0 Å². The third-order valence-corrected chi connectivity index (χ3v) is 5.33. The van der Waals surface area contributed by atoms with Crippen LogP contribution in [0.3, 0.4) is 0 Å². The molecule has 126 valence electrons. The van der Waals surface area contributed by atoms with Gasteiger partial charge < -0.3 is 10.2 Å². The van der Waals surface area contributed by atoms with Crippen molar-refractivity contribution in [3.8, 4) is 5.75 Å². The molecule has 2 nitrogen and oxygen atoms in total. The van der Waals surface area contributed by atoms with Crippen molar-refractivity contribution in [2.75, 3.05) is 0 Å². The molecule has 0 spiro atoms. The Balaban J connectivity index is 1.84. The smallest absolute Gasteiger partial charge is 0.115 e. The molecule has 0 heterocycles. The van der Waals surface area contributed by atoms with Crippen molar-refractivity contribution in [2.24, 2.45) is 0 Å². The van der Waals surface area contributed by atoms with Gasteiger partial charge in [0.15, 0.2) is 0 Å². The highest BCUT2D eigenvalue weighted by atomic mass is 16.3. The van der Waals surface area contributed by atoms with Crippen LogP contribution in [0, 0.1) is 0 Å². The quantitative estimate of drug-likeness (QED) is 0.728. The van der Waals surface area contributed by atoms with Gasteiger partial charge in [-0.15, -0.1) is 0 Å². The summed E-state index contributed by atoms with van der Waals surface area (Å²) in [5.41, 5.74) is 6.22. The van der Waals surface area contributed by atoms with Crippen molar-refractivity contribution in [1.82, 2.24) is 0 Å². The Kier molecular flexibility index (Phi) is 4.29. The van der Waals surface area contributed by atoms with Gasteiger partial charge in [0.25, 0.3) is 0 Å². The number of aromatic hydroxyl groups is 1. The lowest BCUT2D eigenvalue weighted by Crippen LogP contribution is -2.20. The summed E-state index contributed by atoms with van der Waals surface area (Å²) >= 11 is 0. The number of phenolic OH excluding ortho intramolecular Hbond substituents is 1. The van der Waals surface area contributed by atoms with Gasteiger partial charge >= 0.3 is 0 Å². The molecule has 0 fully saturated rings. The second kappa shape index (κ2) is 6.73. The van der Waals surface area contributed by atoms with Gasteiger partial charge in [-0.05, 0) is 58.7 Å². The molecular formula is C23H22O2. The maximum absolute atomic E-state index is 9.67. The van der Waals surface area contributed by atoms with E-state index in [1.807, 2.05) is 18.2 Å². The Hall–Kier alpha value is -2.58. The fourth-order valence-electron chi connectivity index (χ4n) is 4.12. The van der Waals surface area contributed by atoms with Crippen molar-refractivity contribution in [1.29, 1.82) is 0 Å². The molecule has 3 aromatic rings. The molecule has 25 heavy (non-hydrogen) atoms. The molecule has 0 bridgehead atoms. The molecule has 0 amide bonds. The molecule has 0 saturated heterocycles. The SMILES string of the molecule is OCc1ccc2c(c1)CC[C@H](c1ccccc1)[C@@H]2c1ccc(O)cc1. The number of aryl methyl sites for hydroxylation is 1. The minimum atomic E-state index is 0.0826. The third kappa shape index (κ3) is 3.06. The number of aliphatic hydroxyl groups excluding tert-OH is 1. The Bertz CT molecular complexity index is 853. The number of hydrogen-bond acceptors (Lipinski definition) is 2. The zero-order valence-electron chi connectivity index (χ0n) is 14.1. The highest BCUT2D eigenvalue weighted by Gasteiger charge is 2.31. The van der Waals surface area contributed by atoms with Crippen LogP contribution in [0.2, 0.25) is 0 Å². The molecule has 0 aliphatic heterocycles. The molecule has 3 aromatic carbocycles. The van der Waals surface area contributed by atoms with Crippen LogP contribution in [0.1, 0.15) is 46.1 Å². The zero-order chi connectivity index (χ0) is 17.2. The van der Waals surface area contributed by atoms with E-state index < -0.39 is 0 Å². The standard InChI is InChI=1S/C23H22O2/c24-15-16-6-12-22-19(14-16)9-13-21(17-4-2-1-3-5-17)23(22)18-7-10-20(25)11-8-18/h1-8,10-12,14,21,23-25H,9,13,15H2/t21-,23+/m1/s1. The van der Waals surface area contributed by atoms with Crippen LogP contribution in [-0.4, -0.2) is 10.2 Å². The molecule has 2 N–H and O–H groups in total. The third-order valence-electron chi connectivity index (χ3n) is 5.33. The number of rotatable bonds is 3. The lowest BCUT2D eigenvalue weighted by atomic mass is 9.69. The molecule has 0 radical (unpaired) electrons. The topological polar surface area (TPSA) is 40.5 Å². The Labute approximate surface area is 148 Å². The first kappa shape index (κ1) is 15.9. The molecule has 0 saturated carbocycles. The molecule has 4 rings (SSSR count). The maximum atomic E-state index is 9.67. The highest BCUT2D eigenvalue weighted by molar-refractivity contribution is 5.47. The first-order valence-electron chi connectivity index (χ1n) is 8.82. The Morgan fingerprint density at radius 1 is 0.840 bits per heavy atom. The molecule has 0 aromatic heterocycles. The van der Waals surface area contributed by atoms with E-state index in [0.717, 1.165) is 18.4 Å². The minimum Gasteiger partial charge on any atom is -0.508 e. The van der Waals surface area contributed by atoms with Crippen LogP contribution in [0.15, 0.2) is 72.8 Å². The summed E-state index contributed by atoms with van der Waals surface area (Å²) in [7, 11) is 0. The van der Waals surface area contributed by atoms with Gasteiger partial charge in [0.2, 0.25) is 0 Å². The average Bonchev–Trinajstić information content (AvgIpc) is 2.68. The van der Waals surface area contributed by atoms with E-state index in [2.05, 4.69) is 42.5 Å². The molecule has 2 atom stereocenters. The average molecular weight is 330 g/mol. The summed E-state index contributed by atoms with van der Waals surface area (Å²) in [6, 6.07) is 24.6. The van der Waals surface area contributed by atoms with Gasteiger partial charge in [-0.25, -0.2) is 0 Å². The summed E-state index contributed by atoms with van der Waals surface area (Å²) in [6.45, 7) is 0.0826. The summed E-state index contributed by atoms with van der Waals surface area (Å²) in [4.78, 5) is 0. The number of benzene rings is 3. The van der Waals surface area contributed by atoms with E-state index in [1.165, 1.54) is 22.3 Å². The molecule has 1 aliphatic carbocycles. The predicted octanol–water partition coefficient (Wildman–Crippen LogP) is 4.75. The van der Waals surface area contributed by atoms with Crippen molar-refractivity contribution in [2.45, 2.75) is 31.3 Å². The predicted molar refractivity (Wildman–Crippen MR) is 99.8 cm³/mol. The van der Waals surface area contributed by atoms with Gasteiger partial charge in [0, 0.05) is 5.92 Å². The van der Waals surface area contributed by atoms with Crippen LogP contribution in [0.4, 0.5) is 0 Å². The first-order chi connectivity index (χ1) is 12.3. The highest BCUT2D eigenvalue weighted by Crippen LogP contribution is 2.46. The monoisotopic (exact) mass is 330 g/mol. The molecular weight excluding hydrogens is 308 g/mol. The summed E-state index contributed by atoms with van der Waals surface area (Å²) < 4.78 is 0. The van der Waals surface area contributed by atoms with Crippen LogP contribution >= 0.6 is 0 Å². The van der Waals surface area contributed by atoms with E-state index in [9.17, 15) is 10.2 Å². The fraction of sp³-hybridized carbons (Fsp3) is 0.217. The summed E-state index contributed by atoms with van der Waals surface area (Å²) in [6.07, 6.45) is 2.11. The van der Waals surface area contributed by atoms with E-state index in [0.29, 0.717) is 11.7 Å². The van der Waals surface area contributed by atoms with Gasteiger partial charge in [-0.1, -0.05) is 60.7 Å². The Morgan fingerprint density at radius 3 is 2.32 bits per heavy atom. The minimum absolute atomic E-state index is 0.0826. The lowest BCUT2D eigenvalue weighted by molar-refractivity contribution is 0.281. The van der Waals surface area contributed by atoms with E-state index >= 15 is 0 Å². The van der Waals surface area contributed by atoms with Crippen LogP contribution in [0.25, 0.3) is 0 Å². The normalized spacial score (nSPS) is 19.4.